The summed E-state index contributed by atoms with van der Waals surface area (Å²) in [5, 5.41) is 0. The summed E-state index contributed by atoms with van der Waals surface area (Å²) < 4.78 is 43.0. The fraction of sp³-hybridized carbons (Fsp3) is 0. The normalized spacial score (nSPS) is 10.7. The molecule has 10 heteroatoms. The van der Waals surface area contributed by atoms with Gasteiger partial charge in [0.25, 0.3) is 0 Å². The van der Waals surface area contributed by atoms with Crippen molar-refractivity contribution in [3.05, 3.63) is 0 Å². The molecule has 0 fully saturated rings. The minimum absolute atomic E-state index is 0. The molecule has 0 aromatic heterocycles. The van der Waals surface area contributed by atoms with Gasteiger partial charge in [0.2, 0.25) is 0 Å². The van der Waals surface area contributed by atoms with Crippen molar-refractivity contribution in [2.45, 2.75) is 0 Å². The van der Waals surface area contributed by atoms with Crippen LogP contribution in [-0.2, 0) is 24.1 Å². The molecule has 0 aliphatic rings. The fourth-order valence-electron chi connectivity index (χ4n) is 0. The van der Waals surface area contributed by atoms with Gasteiger partial charge >= 0.3 is 19.3 Å². The maximum atomic E-state index is 9.34. The van der Waals surface area contributed by atoms with Crippen LogP contribution in [0.1, 0.15) is 0 Å². The molecule has 11 heavy (non-hydrogen) atoms. The second-order valence-electron chi connectivity index (χ2n) is 0.645. The Morgan fingerprint density at radius 3 is 1.27 bits per heavy atom. The van der Waals surface area contributed by atoms with Crippen LogP contribution < -0.4 is 12.3 Å². The summed E-state index contributed by atoms with van der Waals surface area (Å²) in [5.41, 5.74) is 0. The molecule has 0 aliphatic carbocycles. The van der Waals surface area contributed by atoms with Crippen LogP contribution in [0.4, 0.5) is 0 Å². The Labute approximate surface area is 65.6 Å². The van der Waals surface area contributed by atoms with Crippen LogP contribution in [0.5, 0.6) is 0 Å². The van der Waals surface area contributed by atoms with E-state index in [2.05, 4.69) is 0 Å². The van der Waals surface area contributed by atoms with E-state index in [0.29, 0.717) is 0 Å². The molecule has 0 aromatic rings. The lowest BCUT2D eigenvalue weighted by Crippen LogP contribution is -2.03. The minimum atomic E-state index is -4.71. The van der Waals surface area contributed by atoms with E-state index in [1.54, 1.807) is 0 Å². The van der Waals surface area contributed by atoms with Crippen LogP contribution in [0.3, 0.4) is 0 Å². The van der Waals surface area contributed by atoms with Crippen molar-refractivity contribution in [3.8, 4) is 0 Å². The highest BCUT2D eigenvalue weighted by Crippen LogP contribution is 1.83. The van der Waals surface area contributed by atoms with Gasteiger partial charge in [0.05, 0.1) is 0 Å². The third-order valence-electron chi connectivity index (χ3n) is 0.180. The lowest BCUT2D eigenvalue weighted by molar-refractivity contribution is -0.0979. The Bertz CT molecular complexity index is 185. The van der Waals surface area contributed by atoms with Crippen molar-refractivity contribution < 1.29 is 26.5 Å². The zero-order chi connectivity index (χ0) is 8.08. The standard InChI is InChI=1S/CH2O.2H3N.H2O5S2/c1-2;;;1-6(2)7(3,4)5/h1H2;2*1H3;(H,1,2)(H,3,4,5). The Morgan fingerprint density at radius 2 is 1.27 bits per heavy atom. The van der Waals surface area contributed by atoms with Gasteiger partial charge in [-0.2, -0.15) is 8.42 Å². The summed E-state index contributed by atoms with van der Waals surface area (Å²) in [7, 11) is -7.87. The average Bonchev–Trinajstić information content (AvgIpc) is 1.69. The molecule has 72 valence electrons. The molecule has 8 N–H and O–H groups in total. The molecule has 0 amide bonds. The third kappa shape index (κ3) is 17.7. The van der Waals surface area contributed by atoms with E-state index in [1.165, 1.54) is 0 Å². The topological polar surface area (TPSA) is 179 Å². The minimum Gasteiger partial charge on any atom is -0.344 e. The van der Waals surface area contributed by atoms with Crippen molar-refractivity contribution in [3.63, 3.8) is 0 Å². The SMILES string of the molecule is C=O.N.N.O=S(O)S(=O)(=O)O. The molecule has 1 atom stereocenters. The summed E-state index contributed by atoms with van der Waals surface area (Å²) >= 11 is 0. The van der Waals surface area contributed by atoms with Gasteiger partial charge in [-0.3, -0.25) is 9.11 Å². The van der Waals surface area contributed by atoms with E-state index in [1.807, 2.05) is 6.79 Å². The molecular weight excluding hydrogens is 200 g/mol. The van der Waals surface area contributed by atoms with Crippen LogP contribution in [0.2, 0.25) is 0 Å². The van der Waals surface area contributed by atoms with Crippen molar-refractivity contribution in [2.75, 3.05) is 0 Å². The monoisotopic (exact) mass is 210 g/mol. The van der Waals surface area contributed by atoms with Crippen molar-refractivity contribution in [1.29, 1.82) is 0 Å². The third-order valence-corrected chi connectivity index (χ3v) is 1.62. The highest BCUT2D eigenvalue weighted by atomic mass is 33.2. The number of rotatable bonds is 1. The fourth-order valence-corrected chi connectivity index (χ4v) is 0. The van der Waals surface area contributed by atoms with E-state index in [-0.39, 0.29) is 12.3 Å². The van der Waals surface area contributed by atoms with E-state index in [9.17, 15) is 12.6 Å². The second kappa shape index (κ2) is 9.61. The highest BCUT2D eigenvalue weighted by molar-refractivity contribution is 8.59. The van der Waals surface area contributed by atoms with Gasteiger partial charge < -0.3 is 17.1 Å². The number of hydrogen-bond donors (Lipinski definition) is 4. The molecule has 0 saturated heterocycles. The molecule has 1 unspecified atom stereocenters. The molecule has 0 bridgehead atoms. The maximum absolute atomic E-state index is 9.34. The van der Waals surface area contributed by atoms with Gasteiger partial charge in [0.15, 0.2) is 0 Å². The molecule has 0 saturated carbocycles. The second-order valence-corrected chi connectivity index (χ2v) is 4.05. The van der Waals surface area contributed by atoms with Gasteiger partial charge in [-0.05, 0) is 0 Å². The van der Waals surface area contributed by atoms with Gasteiger partial charge in [-0.25, -0.2) is 4.21 Å². The smallest absolute Gasteiger partial charge is 0.344 e. The first-order valence-electron chi connectivity index (χ1n) is 1.32. The maximum Gasteiger partial charge on any atom is 0.373 e. The molecule has 0 radical (unpaired) electrons. The van der Waals surface area contributed by atoms with Crippen LogP contribution in [0, 0.1) is 0 Å². The van der Waals surface area contributed by atoms with Crippen LogP contribution in [0.25, 0.3) is 0 Å². The molecule has 0 heterocycles. The molecular formula is CH10N2O6S2. The Kier molecular flexibility index (Phi) is 19.6. The molecule has 0 rings (SSSR count). The first-order valence-corrected chi connectivity index (χ1v) is 4.38. The van der Waals surface area contributed by atoms with E-state index in [0.717, 1.165) is 0 Å². The van der Waals surface area contributed by atoms with Gasteiger partial charge in [0.1, 0.15) is 6.79 Å². The van der Waals surface area contributed by atoms with E-state index in [4.69, 9.17) is 13.9 Å². The summed E-state index contributed by atoms with van der Waals surface area (Å²) in [6.45, 7) is 2.00. The average molecular weight is 210 g/mol. The highest BCUT2D eigenvalue weighted by Gasteiger charge is 2.10. The first kappa shape index (κ1) is 22.4. The Balaban J connectivity index is -0.0000000564. The lowest BCUT2D eigenvalue weighted by Gasteiger charge is -1.80. The summed E-state index contributed by atoms with van der Waals surface area (Å²) in [6, 6.07) is 0. The van der Waals surface area contributed by atoms with Gasteiger partial charge in [0, 0.05) is 0 Å². The Hall–Kier alpha value is -0.390. The van der Waals surface area contributed by atoms with Crippen LogP contribution >= 0.6 is 0 Å². The van der Waals surface area contributed by atoms with Crippen molar-refractivity contribution in [1.82, 2.24) is 12.3 Å². The summed E-state index contributed by atoms with van der Waals surface area (Å²) in [5.74, 6) is 0. The van der Waals surface area contributed by atoms with Crippen LogP contribution in [-0.4, -0.2) is 28.5 Å². The number of carbonyl (C=O) groups is 1. The van der Waals surface area contributed by atoms with E-state index < -0.39 is 19.3 Å². The molecule has 0 aromatic carbocycles. The quantitative estimate of drug-likeness (QED) is 0.245. The molecule has 8 nitrogen and oxygen atoms in total. The molecule has 0 aliphatic heterocycles. The van der Waals surface area contributed by atoms with Crippen LogP contribution in [0.15, 0.2) is 0 Å². The van der Waals surface area contributed by atoms with Crippen molar-refractivity contribution >= 4 is 26.1 Å². The zero-order valence-corrected chi connectivity index (χ0v) is 7.10. The van der Waals surface area contributed by atoms with Gasteiger partial charge in [-0.15, -0.1) is 0 Å². The number of hydrogen-bond acceptors (Lipinski definition) is 6. The van der Waals surface area contributed by atoms with Crippen molar-refractivity contribution in [2.24, 2.45) is 0 Å². The van der Waals surface area contributed by atoms with Gasteiger partial charge in [-0.1, -0.05) is 0 Å². The predicted octanol–water partition coefficient (Wildman–Crippen LogP) is -0.850. The Morgan fingerprint density at radius 1 is 1.18 bits per heavy atom. The summed E-state index contributed by atoms with van der Waals surface area (Å²) in [6.07, 6.45) is 0. The first-order chi connectivity index (χ1) is 3.94. The predicted molar refractivity (Wildman–Crippen MR) is 39.5 cm³/mol. The summed E-state index contributed by atoms with van der Waals surface area (Å²) in [4.78, 5) is 8.00. The molecule has 0 spiro atoms. The largest absolute Gasteiger partial charge is 0.373 e. The number of carbonyl (C=O) groups excluding carboxylic acids is 1. The lowest BCUT2D eigenvalue weighted by atomic mass is 11.9. The van der Waals surface area contributed by atoms with E-state index >= 15 is 0 Å². The zero-order valence-electron chi connectivity index (χ0n) is 5.47.